The van der Waals surface area contributed by atoms with Crippen LogP contribution in [0.3, 0.4) is 0 Å². The maximum absolute atomic E-state index is 12.1. The van der Waals surface area contributed by atoms with Crippen molar-refractivity contribution >= 4 is 5.78 Å². The largest absolute Gasteiger partial charge is 0.292 e. The van der Waals surface area contributed by atoms with Crippen LogP contribution in [0.25, 0.3) is 0 Å². The van der Waals surface area contributed by atoms with Gasteiger partial charge in [-0.25, -0.2) is 0 Å². The van der Waals surface area contributed by atoms with Crippen molar-refractivity contribution in [3.8, 4) is 0 Å². The zero-order valence-corrected chi connectivity index (χ0v) is 8.89. The lowest BCUT2D eigenvalue weighted by molar-refractivity contribution is 0.0950. The van der Waals surface area contributed by atoms with Crippen LogP contribution in [-0.4, -0.2) is 20.8 Å². The lowest BCUT2D eigenvalue weighted by Gasteiger charge is -2.04. The average molecular weight is 205 g/mol. The fourth-order valence-corrected chi connectivity index (χ4v) is 3.01. The van der Waals surface area contributed by atoms with Gasteiger partial charge in [0.05, 0.1) is 6.20 Å². The van der Waals surface area contributed by atoms with Gasteiger partial charge >= 0.3 is 0 Å². The Morgan fingerprint density at radius 2 is 2.07 bits per heavy atom. The number of rotatable bonds is 2. The van der Waals surface area contributed by atoms with Crippen molar-refractivity contribution in [1.82, 2.24) is 15.0 Å². The minimum absolute atomic E-state index is 0.222. The molecule has 1 aromatic rings. The van der Waals surface area contributed by atoms with Gasteiger partial charge in [0.15, 0.2) is 5.78 Å². The van der Waals surface area contributed by atoms with Crippen molar-refractivity contribution in [3.63, 3.8) is 0 Å². The molecule has 15 heavy (non-hydrogen) atoms. The van der Waals surface area contributed by atoms with Gasteiger partial charge in [-0.3, -0.25) is 4.79 Å². The van der Waals surface area contributed by atoms with E-state index in [-0.39, 0.29) is 11.7 Å². The summed E-state index contributed by atoms with van der Waals surface area (Å²) in [7, 11) is 1.75. The first-order chi connectivity index (χ1) is 7.27. The maximum atomic E-state index is 12.1. The minimum Gasteiger partial charge on any atom is -0.292 e. The Morgan fingerprint density at radius 3 is 2.60 bits per heavy atom. The molecule has 0 radical (unpaired) electrons. The highest BCUT2D eigenvalue weighted by atomic mass is 16.1. The fourth-order valence-electron chi connectivity index (χ4n) is 3.01. The Morgan fingerprint density at radius 1 is 1.40 bits per heavy atom. The molecule has 2 fully saturated rings. The van der Waals surface area contributed by atoms with Crippen LogP contribution >= 0.6 is 0 Å². The molecule has 0 aromatic carbocycles. The minimum atomic E-state index is 0.222. The second kappa shape index (κ2) is 3.15. The quantitative estimate of drug-likeness (QED) is 0.686. The first-order valence-corrected chi connectivity index (χ1v) is 5.68. The number of Topliss-reactive ketones (excluding diaryl/α,β-unsaturated/α-hetero) is 1. The van der Waals surface area contributed by atoms with Crippen LogP contribution in [0, 0.1) is 17.8 Å². The van der Waals surface area contributed by atoms with Gasteiger partial charge in [0, 0.05) is 13.0 Å². The van der Waals surface area contributed by atoms with Gasteiger partial charge in [-0.2, -0.15) is 15.0 Å². The summed E-state index contributed by atoms with van der Waals surface area (Å²) in [6, 6.07) is 0. The summed E-state index contributed by atoms with van der Waals surface area (Å²) >= 11 is 0. The van der Waals surface area contributed by atoms with Crippen LogP contribution in [0.1, 0.15) is 36.2 Å². The van der Waals surface area contributed by atoms with Gasteiger partial charge in [0.25, 0.3) is 0 Å². The summed E-state index contributed by atoms with van der Waals surface area (Å²) < 4.78 is 0. The zero-order valence-electron chi connectivity index (χ0n) is 8.89. The monoisotopic (exact) mass is 205 g/mol. The highest BCUT2D eigenvalue weighted by Gasteiger charge is 2.55. The Balaban J connectivity index is 1.76. The maximum Gasteiger partial charge on any atom is 0.188 e. The van der Waals surface area contributed by atoms with E-state index in [2.05, 4.69) is 10.2 Å². The number of aromatic nitrogens is 3. The Labute approximate surface area is 88.7 Å². The summed E-state index contributed by atoms with van der Waals surface area (Å²) in [6.45, 7) is 0. The van der Waals surface area contributed by atoms with Crippen molar-refractivity contribution in [1.29, 1.82) is 0 Å². The molecule has 4 heteroatoms. The number of nitrogens with zero attached hydrogens (tertiary/aromatic N) is 3. The third kappa shape index (κ3) is 1.39. The molecule has 0 bridgehead atoms. The van der Waals surface area contributed by atoms with Crippen molar-refractivity contribution in [2.75, 3.05) is 0 Å². The van der Waals surface area contributed by atoms with Gasteiger partial charge < -0.3 is 0 Å². The Hall–Kier alpha value is -1.19. The van der Waals surface area contributed by atoms with Crippen LogP contribution in [-0.2, 0) is 7.05 Å². The van der Waals surface area contributed by atoms with Gasteiger partial charge in [0.2, 0.25) is 0 Å². The molecule has 2 aliphatic carbocycles. The van der Waals surface area contributed by atoms with Crippen molar-refractivity contribution < 1.29 is 4.79 Å². The molecule has 2 atom stereocenters. The molecule has 0 aliphatic heterocycles. The standard InChI is InChI=1S/C11H15N3O/c1-14-12-6-9(13-14)11(15)10-7-4-2-3-5-8(7)10/h6-8,10H,2-5H2,1H3. The molecule has 0 spiro atoms. The summed E-state index contributed by atoms with van der Waals surface area (Å²) in [6.07, 6.45) is 6.66. The van der Waals surface area contributed by atoms with Crippen molar-refractivity contribution in [2.24, 2.45) is 24.8 Å². The van der Waals surface area contributed by atoms with E-state index >= 15 is 0 Å². The van der Waals surface area contributed by atoms with E-state index in [1.807, 2.05) is 0 Å². The topological polar surface area (TPSA) is 47.8 Å². The first-order valence-electron chi connectivity index (χ1n) is 5.68. The molecule has 1 aromatic heterocycles. The normalized spacial score (nSPS) is 33.5. The number of hydrogen-bond donors (Lipinski definition) is 0. The summed E-state index contributed by atoms with van der Waals surface area (Å²) in [5.74, 6) is 1.81. The molecule has 2 saturated carbocycles. The average Bonchev–Trinajstić information content (AvgIpc) is 2.82. The van der Waals surface area contributed by atoms with E-state index < -0.39 is 0 Å². The van der Waals surface area contributed by atoms with Crippen molar-refractivity contribution in [2.45, 2.75) is 25.7 Å². The number of carbonyl (C=O) groups excluding carboxylic acids is 1. The molecule has 0 N–H and O–H groups in total. The first kappa shape index (κ1) is 9.07. The highest BCUT2D eigenvalue weighted by molar-refractivity contribution is 5.98. The molecule has 80 valence electrons. The molecule has 2 aliphatic rings. The predicted molar refractivity (Wildman–Crippen MR) is 54.3 cm³/mol. The zero-order chi connectivity index (χ0) is 10.4. The molecule has 1 heterocycles. The fraction of sp³-hybridized carbons (Fsp3) is 0.727. The van der Waals surface area contributed by atoms with Gasteiger partial charge in [-0.15, -0.1) is 0 Å². The second-order valence-corrected chi connectivity index (χ2v) is 4.72. The van der Waals surface area contributed by atoms with E-state index in [4.69, 9.17) is 0 Å². The summed E-state index contributed by atoms with van der Waals surface area (Å²) in [4.78, 5) is 13.5. The SMILES string of the molecule is Cn1ncc(C(=O)C2C3CCCCC32)n1. The van der Waals surface area contributed by atoms with E-state index in [1.165, 1.54) is 30.5 Å². The Kier molecular flexibility index (Phi) is 1.90. The molecular weight excluding hydrogens is 190 g/mol. The predicted octanol–water partition coefficient (Wildman–Crippen LogP) is 1.43. The Bertz CT molecular complexity index is 386. The lowest BCUT2D eigenvalue weighted by atomic mass is 10.0. The smallest absolute Gasteiger partial charge is 0.188 e. The van der Waals surface area contributed by atoms with Crippen molar-refractivity contribution in [3.05, 3.63) is 11.9 Å². The molecule has 0 saturated heterocycles. The molecular formula is C11H15N3O. The van der Waals surface area contributed by atoms with Gasteiger partial charge in [-0.1, -0.05) is 12.8 Å². The number of carbonyl (C=O) groups is 1. The number of aryl methyl sites for hydroxylation is 1. The van der Waals surface area contributed by atoms with E-state index in [0.717, 1.165) is 0 Å². The molecule has 2 unspecified atom stereocenters. The second-order valence-electron chi connectivity index (χ2n) is 4.72. The number of hydrogen-bond acceptors (Lipinski definition) is 3. The van der Waals surface area contributed by atoms with E-state index in [0.29, 0.717) is 17.5 Å². The molecule has 3 rings (SSSR count). The lowest BCUT2D eigenvalue weighted by Crippen LogP contribution is -2.06. The molecule has 0 amide bonds. The van der Waals surface area contributed by atoms with Crippen LogP contribution in [0.4, 0.5) is 0 Å². The molecule has 4 nitrogen and oxygen atoms in total. The number of fused-ring (bicyclic) bond motifs is 1. The summed E-state index contributed by atoms with van der Waals surface area (Å²) in [5, 5.41) is 8.04. The van der Waals surface area contributed by atoms with E-state index in [1.54, 1.807) is 13.2 Å². The van der Waals surface area contributed by atoms with Crippen LogP contribution in [0.5, 0.6) is 0 Å². The van der Waals surface area contributed by atoms with Crippen LogP contribution in [0.2, 0.25) is 0 Å². The third-order valence-corrected chi connectivity index (χ3v) is 3.81. The third-order valence-electron chi connectivity index (χ3n) is 3.81. The van der Waals surface area contributed by atoms with E-state index in [9.17, 15) is 4.79 Å². The van der Waals surface area contributed by atoms with Gasteiger partial charge in [0.1, 0.15) is 5.69 Å². The highest BCUT2D eigenvalue weighted by Crippen LogP contribution is 2.56. The number of ketones is 1. The van der Waals surface area contributed by atoms with Gasteiger partial charge in [-0.05, 0) is 24.7 Å². The van der Waals surface area contributed by atoms with Crippen LogP contribution in [0.15, 0.2) is 6.20 Å². The summed E-state index contributed by atoms with van der Waals surface area (Å²) in [5.41, 5.74) is 0.553. The van der Waals surface area contributed by atoms with Crippen LogP contribution < -0.4 is 0 Å².